The van der Waals surface area contributed by atoms with Gasteiger partial charge in [0.25, 0.3) is 5.56 Å². The van der Waals surface area contributed by atoms with E-state index in [-0.39, 0.29) is 18.7 Å². The quantitative estimate of drug-likeness (QED) is 0.421. The first-order valence-corrected chi connectivity index (χ1v) is 10.8. The molecule has 32 heavy (non-hydrogen) atoms. The Labute approximate surface area is 185 Å². The summed E-state index contributed by atoms with van der Waals surface area (Å²) in [5, 5.41) is 4.74. The van der Waals surface area contributed by atoms with Crippen LogP contribution in [-0.4, -0.2) is 42.2 Å². The molecule has 0 spiro atoms. The van der Waals surface area contributed by atoms with Crippen LogP contribution in [0.15, 0.2) is 46.0 Å². The Balaban J connectivity index is 2.05. The number of rotatable bonds is 8. The van der Waals surface area contributed by atoms with Gasteiger partial charge in [0, 0.05) is 19.9 Å². The number of nitrogens with zero attached hydrogens (tertiary/aromatic N) is 6. The normalized spacial score (nSPS) is 11.5. The first kappa shape index (κ1) is 21.8. The molecule has 4 rings (SSSR count). The highest BCUT2D eigenvalue weighted by molar-refractivity contribution is 5.73. The summed E-state index contributed by atoms with van der Waals surface area (Å²) in [4.78, 5) is 31.1. The zero-order chi connectivity index (χ0) is 22.8. The molecule has 9 heteroatoms. The molecule has 0 saturated heterocycles. The van der Waals surface area contributed by atoms with Crippen molar-refractivity contribution in [1.29, 1.82) is 0 Å². The van der Waals surface area contributed by atoms with E-state index < -0.39 is 5.69 Å². The topological polar surface area (TPSA) is 88.9 Å². The van der Waals surface area contributed by atoms with Gasteiger partial charge in [0.15, 0.2) is 11.2 Å². The number of hydrogen-bond acceptors (Lipinski definition) is 5. The van der Waals surface area contributed by atoms with Crippen LogP contribution in [-0.2, 0) is 37.7 Å². The lowest BCUT2D eigenvalue weighted by Crippen LogP contribution is -2.40. The van der Waals surface area contributed by atoms with E-state index in [2.05, 4.69) is 19.9 Å². The van der Waals surface area contributed by atoms with Crippen LogP contribution in [0.5, 0.6) is 0 Å². The Hall–Kier alpha value is -3.46. The van der Waals surface area contributed by atoms with E-state index in [1.165, 1.54) is 9.13 Å². The summed E-state index contributed by atoms with van der Waals surface area (Å²) in [7, 11) is 3.18. The van der Waals surface area contributed by atoms with Crippen molar-refractivity contribution < 1.29 is 4.74 Å². The van der Waals surface area contributed by atoms with Crippen LogP contribution in [0.25, 0.3) is 17.1 Å². The van der Waals surface area contributed by atoms with Crippen molar-refractivity contribution in [3.8, 4) is 5.95 Å². The number of hydrogen-bond donors (Lipinski definition) is 0. The fourth-order valence-corrected chi connectivity index (χ4v) is 3.89. The van der Waals surface area contributed by atoms with Crippen LogP contribution in [0.3, 0.4) is 0 Å². The zero-order valence-corrected chi connectivity index (χ0v) is 18.9. The molecule has 9 nitrogen and oxygen atoms in total. The number of aryl methyl sites for hydroxylation is 3. The van der Waals surface area contributed by atoms with Gasteiger partial charge in [-0.3, -0.25) is 18.5 Å². The summed E-state index contributed by atoms with van der Waals surface area (Å²) >= 11 is 0. The molecule has 0 amide bonds. The van der Waals surface area contributed by atoms with Gasteiger partial charge in [-0.1, -0.05) is 44.2 Å². The molecule has 0 atom stereocenters. The fourth-order valence-electron chi connectivity index (χ4n) is 3.89. The minimum atomic E-state index is -0.416. The summed E-state index contributed by atoms with van der Waals surface area (Å²) in [6.07, 6.45) is 1.56. The van der Waals surface area contributed by atoms with Crippen LogP contribution < -0.4 is 11.2 Å². The monoisotopic (exact) mass is 436 g/mol. The predicted octanol–water partition coefficient (Wildman–Crippen LogP) is 1.90. The summed E-state index contributed by atoms with van der Waals surface area (Å²) in [6, 6.07) is 11.9. The second-order valence-corrected chi connectivity index (χ2v) is 7.69. The molecule has 0 saturated carbocycles. The van der Waals surface area contributed by atoms with Gasteiger partial charge < -0.3 is 4.74 Å². The van der Waals surface area contributed by atoms with Crippen molar-refractivity contribution in [2.45, 2.75) is 39.8 Å². The molecule has 168 valence electrons. The minimum Gasteiger partial charge on any atom is -0.383 e. The lowest BCUT2D eigenvalue weighted by Gasteiger charge is -2.12. The second-order valence-electron chi connectivity index (χ2n) is 7.69. The third-order valence-corrected chi connectivity index (χ3v) is 5.66. The molecule has 3 heterocycles. The number of ether oxygens (including phenoxy) is 1. The molecule has 3 aromatic heterocycles. The van der Waals surface area contributed by atoms with E-state index in [0.29, 0.717) is 23.7 Å². The van der Waals surface area contributed by atoms with Crippen molar-refractivity contribution in [1.82, 2.24) is 28.5 Å². The zero-order valence-electron chi connectivity index (χ0n) is 18.9. The summed E-state index contributed by atoms with van der Waals surface area (Å²) in [6.45, 7) is 4.97. The molecule has 0 unspecified atom stereocenters. The van der Waals surface area contributed by atoms with E-state index in [4.69, 9.17) is 14.8 Å². The maximum Gasteiger partial charge on any atom is 0.332 e. The maximum atomic E-state index is 13.5. The first-order valence-electron chi connectivity index (χ1n) is 10.8. The molecule has 0 aliphatic rings. The van der Waals surface area contributed by atoms with E-state index in [9.17, 15) is 9.59 Å². The number of aromatic nitrogens is 6. The Morgan fingerprint density at radius 2 is 1.78 bits per heavy atom. The number of imidazole rings is 1. The number of methoxy groups -OCH3 is 1. The lowest BCUT2D eigenvalue weighted by molar-refractivity contribution is 0.184. The van der Waals surface area contributed by atoms with Crippen LogP contribution in [0.1, 0.15) is 30.8 Å². The Morgan fingerprint density at radius 3 is 2.44 bits per heavy atom. The average Bonchev–Trinajstić information content (AvgIpc) is 3.39. The smallest absolute Gasteiger partial charge is 0.332 e. The molecule has 1 aromatic carbocycles. The molecule has 0 aliphatic carbocycles. The van der Waals surface area contributed by atoms with Crippen molar-refractivity contribution >= 4 is 11.2 Å². The van der Waals surface area contributed by atoms with Crippen LogP contribution in [0.4, 0.5) is 0 Å². The third kappa shape index (κ3) is 3.69. The largest absolute Gasteiger partial charge is 0.383 e. The van der Waals surface area contributed by atoms with E-state index in [1.54, 1.807) is 18.8 Å². The highest BCUT2D eigenvalue weighted by Crippen LogP contribution is 2.20. The minimum absolute atomic E-state index is 0.172. The molecular formula is C23H28N6O3. The van der Waals surface area contributed by atoms with Gasteiger partial charge in [0.2, 0.25) is 5.95 Å². The van der Waals surface area contributed by atoms with Gasteiger partial charge in [0.05, 0.1) is 25.4 Å². The Morgan fingerprint density at radius 1 is 1.03 bits per heavy atom. The van der Waals surface area contributed by atoms with Crippen LogP contribution >= 0.6 is 0 Å². The van der Waals surface area contributed by atoms with Crippen molar-refractivity contribution in [3.05, 3.63) is 74.2 Å². The first-order chi connectivity index (χ1) is 15.5. The van der Waals surface area contributed by atoms with Gasteiger partial charge in [-0.25, -0.2) is 9.48 Å². The van der Waals surface area contributed by atoms with Gasteiger partial charge >= 0.3 is 5.69 Å². The lowest BCUT2D eigenvalue weighted by atomic mass is 10.2. The van der Waals surface area contributed by atoms with Crippen LogP contribution in [0.2, 0.25) is 0 Å². The van der Waals surface area contributed by atoms with E-state index in [0.717, 1.165) is 29.8 Å². The predicted molar refractivity (Wildman–Crippen MR) is 123 cm³/mol. The van der Waals surface area contributed by atoms with Gasteiger partial charge in [0.1, 0.15) is 0 Å². The van der Waals surface area contributed by atoms with Crippen molar-refractivity contribution in [2.75, 3.05) is 13.7 Å². The van der Waals surface area contributed by atoms with Gasteiger partial charge in [-0.2, -0.15) is 10.1 Å². The van der Waals surface area contributed by atoms with E-state index in [1.807, 2.05) is 34.9 Å². The highest BCUT2D eigenvalue weighted by atomic mass is 16.5. The average molecular weight is 437 g/mol. The van der Waals surface area contributed by atoms with E-state index >= 15 is 0 Å². The summed E-state index contributed by atoms with van der Waals surface area (Å²) < 4.78 is 11.4. The third-order valence-electron chi connectivity index (χ3n) is 5.66. The summed E-state index contributed by atoms with van der Waals surface area (Å²) in [5.41, 5.74) is 2.89. The molecular weight excluding hydrogens is 408 g/mol. The molecule has 0 bridgehead atoms. The second kappa shape index (κ2) is 8.96. The SMILES string of the molecule is CCc1cc(CC)n(-c2nc3c(c(=O)n(CCOC)c(=O)n3C)n2Cc2ccccc2)n1. The molecule has 0 N–H and O–H groups in total. The molecule has 4 aromatic rings. The highest BCUT2D eigenvalue weighted by Gasteiger charge is 2.23. The Bertz CT molecular complexity index is 1360. The van der Waals surface area contributed by atoms with Gasteiger partial charge in [-0.05, 0) is 24.5 Å². The molecule has 0 fully saturated rings. The maximum absolute atomic E-state index is 13.5. The fraction of sp³-hybridized carbons (Fsp3) is 0.391. The summed E-state index contributed by atoms with van der Waals surface area (Å²) in [5.74, 6) is 0.525. The standard InChI is InChI=1S/C23H28N6O3/c1-5-17-14-18(6-2)29(25-17)22-24-20-19(28(22)15-16-10-8-7-9-11-16)21(30)27(12-13-32-4)23(31)26(20)3/h7-11,14H,5-6,12-13,15H2,1-4H3. The van der Waals surface area contributed by atoms with Gasteiger partial charge in [-0.15, -0.1) is 0 Å². The van der Waals surface area contributed by atoms with Crippen molar-refractivity contribution in [3.63, 3.8) is 0 Å². The Kier molecular flexibility index (Phi) is 6.09. The number of fused-ring (bicyclic) bond motifs is 1. The molecule has 0 aliphatic heterocycles. The molecule has 0 radical (unpaired) electrons. The number of benzene rings is 1. The van der Waals surface area contributed by atoms with Crippen LogP contribution in [0, 0.1) is 0 Å². The van der Waals surface area contributed by atoms with Crippen molar-refractivity contribution in [2.24, 2.45) is 7.05 Å².